The fourth-order valence-electron chi connectivity index (χ4n) is 2.92. The summed E-state index contributed by atoms with van der Waals surface area (Å²) in [6.07, 6.45) is 4.10. The highest BCUT2D eigenvalue weighted by molar-refractivity contribution is 5.82. The predicted octanol–water partition coefficient (Wildman–Crippen LogP) is 1.58. The quantitative estimate of drug-likeness (QED) is 0.892. The number of hydrogen-bond donors (Lipinski definition) is 1. The number of carboxylic acids is 1. The van der Waals surface area contributed by atoms with E-state index >= 15 is 0 Å². The molecule has 1 fully saturated rings. The second kappa shape index (κ2) is 4.92. The summed E-state index contributed by atoms with van der Waals surface area (Å²) >= 11 is 0. The van der Waals surface area contributed by atoms with E-state index in [0.29, 0.717) is 6.42 Å². The minimum Gasteiger partial charge on any atom is -0.481 e. The third kappa shape index (κ3) is 2.55. The van der Waals surface area contributed by atoms with E-state index < -0.39 is 23.5 Å². The van der Waals surface area contributed by atoms with E-state index in [4.69, 9.17) is 0 Å². The normalized spacial score (nSPS) is 24.0. The van der Waals surface area contributed by atoms with Crippen LogP contribution in [0.5, 0.6) is 0 Å². The maximum atomic E-state index is 12.3. The number of carbonyl (C=O) groups excluding carboxylic acids is 1. The first kappa shape index (κ1) is 14.6. The molecule has 0 radical (unpaired) electrons. The molecule has 1 aromatic heterocycles. The molecule has 1 amide bonds. The number of piperidine rings is 1. The number of rotatable bonds is 2. The first-order chi connectivity index (χ1) is 9.21. The molecule has 6 heteroatoms. The Morgan fingerprint density at radius 2 is 2.10 bits per heavy atom. The highest BCUT2D eigenvalue weighted by Crippen LogP contribution is 2.40. The Morgan fingerprint density at radius 3 is 2.55 bits per heavy atom. The van der Waals surface area contributed by atoms with Crippen LogP contribution in [-0.4, -0.2) is 37.2 Å². The van der Waals surface area contributed by atoms with Gasteiger partial charge in [0.25, 0.3) is 0 Å². The molecule has 0 bridgehead atoms. The van der Waals surface area contributed by atoms with Gasteiger partial charge in [-0.3, -0.25) is 14.3 Å². The SMILES string of the molecule is Cn1cc(C2C(C(=O)O)CCC(=O)N2C(C)(C)C)cn1. The summed E-state index contributed by atoms with van der Waals surface area (Å²) in [7, 11) is 1.78. The van der Waals surface area contributed by atoms with Crippen molar-refractivity contribution in [3.8, 4) is 0 Å². The molecule has 2 unspecified atom stereocenters. The van der Waals surface area contributed by atoms with Crippen LogP contribution in [0.15, 0.2) is 12.4 Å². The lowest BCUT2D eigenvalue weighted by Gasteiger charge is -2.46. The molecule has 1 N–H and O–H groups in total. The average molecular weight is 279 g/mol. The van der Waals surface area contributed by atoms with Gasteiger partial charge < -0.3 is 10.0 Å². The maximum absolute atomic E-state index is 12.3. The smallest absolute Gasteiger partial charge is 0.308 e. The molecular weight excluding hydrogens is 258 g/mol. The number of likely N-dealkylation sites (tertiary alicyclic amines) is 1. The van der Waals surface area contributed by atoms with Gasteiger partial charge in [-0.05, 0) is 27.2 Å². The van der Waals surface area contributed by atoms with Gasteiger partial charge in [-0.15, -0.1) is 0 Å². The molecular formula is C14H21N3O3. The van der Waals surface area contributed by atoms with Crippen molar-refractivity contribution >= 4 is 11.9 Å². The van der Waals surface area contributed by atoms with Crippen LogP contribution in [0.4, 0.5) is 0 Å². The summed E-state index contributed by atoms with van der Waals surface area (Å²) in [4.78, 5) is 25.6. The number of aromatic nitrogens is 2. The number of carbonyl (C=O) groups is 2. The summed E-state index contributed by atoms with van der Waals surface area (Å²) in [6, 6.07) is -0.456. The molecule has 0 aliphatic carbocycles. The molecule has 20 heavy (non-hydrogen) atoms. The molecule has 2 atom stereocenters. The van der Waals surface area contributed by atoms with Crippen molar-refractivity contribution in [3.05, 3.63) is 18.0 Å². The van der Waals surface area contributed by atoms with Gasteiger partial charge in [0.1, 0.15) is 0 Å². The molecule has 2 heterocycles. The van der Waals surface area contributed by atoms with Crippen LogP contribution in [0.1, 0.15) is 45.2 Å². The fraction of sp³-hybridized carbons (Fsp3) is 0.643. The van der Waals surface area contributed by atoms with E-state index in [2.05, 4.69) is 5.10 Å². The monoisotopic (exact) mass is 279 g/mol. The van der Waals surface area contributed by atoms with Gasteiger partial charge in [0.2, 0.25) is 5.91 Å². The van der Waals surface area contributed by atoms with Crippen LogP contribution in [0.2, 0.25) is 0 Å². The van der Waals surface area contributed by atoms with Gasteiger partial charge in [0.15, 0.2) is 0 Å². The molecule has 1 saturated heterocycles. The van der Waals surface area contributed by atoms with Crippen molar-refractivity contribution in [2.45, 2.75) is 45.2 Å². The Kier molecular flexibility index (Phi) is 3.58. The minimum atomic E-state index is -0.861. The van der Waals surface area contributed by atoms with Gasteiger partial charge in [-0.25, -0.2) is 0 Å². The molecule has 0 spiro atoms. The molecule has 1 aromatic rings. The minimum absolute atomic E-state index is 0.00357. The molecule has 0 saturated carbocycles. The summed E-state index contributed by atoms with van der Waals surface area (Å²) < 4.78 is 1.63. The number of hydrogen-bond acceptors (Lipinski definition) is 3. The van der Waals surface area contributed by atoms with Crippen molar-refractivity contribution in [1.82, 2.24) is 14.7 Å². The van der Waals surface area contributed by atoms with Gasteiger partial charge in [-0.2, -0.15) is 5.10 Å². The molecule has 6 nitrogen and oxygen atoms in total. The third-order valence-electron chi connectivity index (χ3n) is 3.70. The third-order valence-corrected chi connectivity index (χ3v) is 3.70. The van der Waals surface area contributed by atoms with Crippen LogP contribution < -0.4 is 0 Å². The lowest BCUT2D eigenvalue weighted by Crippen LogP contribution is -2.53. The molecule has 1 aliphatic rings. The Bertz CT molecular complexity index is 530. The van der Waals surface area contributed by atoms with Crippen molar-refractivity contribution < 1.29 is 14.7 Å². The van der Waals surface area contributed by atoms with E-state index in [0.717, 1.165) is 5.56 Å². The Hall–Kier alpha value is -1.85. The number of nitrogens with zero attached hydrogens (tertiary/aromatic N) is 3. The van der Waals surface area contributed by atoms with E-state index in [1.165, 1.54) is 0 Å². The number of aryl methyl sites for hydroxylation is 1. The van der Waals surface area contributed by atoms with Crippen LogP contribution in [-0.2, 0) is 16.6 Å². The summed E-state index contributed by atoms with van der Waals surface area (Å²) in [6.45, 7) is 5.79. The fourth-order valence-corrected chi connectivity index (χ4v) is 2.92. The van der Waals surface area contributed by atoms with Crippen LogP contribution in [0.25, 0.3) is 0 Å². The van der Waals surface area contributed by atoms with Gasteiger partial charge in [0, 0.05) is 30.8 Å². The van der Waals surface area contributed by atoms with Gasteiger partial charge in [-0.1, -0.05) is 0 Å². The van der Waals surface area contributed by atoms with Crippen molar-refractivity contribution in [2.24, 2.45) is 13.0 Å². The zero-order valence-corrected chi connectivity index (χ0v) is 12.3. The molecule has 1 aliphatic heterocycles. The van der Waals surface area contributed by atoms with E-state index in [9.17, 15) is 14.7 Å². The van der Waals surface area contributed by atoms with Gasteiger partial charge in [0.05, 0.1) is 18.2 Å². The molecule has 2 rings (SSSR count). The first-order valence-corrected chi connectivity index (χ1v) is 6.75. The number of aliphatic carboxylic acids is 1. The standard InChI is InChI=1S/C14H21N3O3/c1-14(2,3)17-11(18)6-5-10(13(19)20)12(17)9-7-15-16(4)8-9/h7-8,10,12H,5-6H2,1-4H3,(H,19,20). The summed E-state index contributed by atoms with van der Waals surface area (Å²) in [5.74, 6) is -1.44. The predicted molar refractivity (Wildman–Crippen MR) is 72.9 cm³/mol. The number of amides is 1. The first-order valence-electron chi connectivity index (χ1n) is 6.75. The van der Waals surface area contributed by atoms with E-state index in [1.54, 1.807) is 29.0 Å². The number of carboxylic acid groups (broad SMARTS) is 1. The van der Waals surface area contributed by atoms with Crippen LogP contribution in [0, 0.1) is 5.92 Å². The topological polar surface area (TPSA) is 75.4 Å². The largest absolute Gasteiger partial charge is 0.481 e. The zero-order valence-electron chi connectivity index (χ0n) is 12.3. The molecule has 0 aromatic carbocycles. The van der Waals surface area contributed by atoms with Crippen LogP contribution in [0.3, 0.4) is 0 Å². The zero-order chi connectivity index (χ0) is 15.1. The highest BCUT2D eigenvalue weighted by Gasteiger charge is 2.45. The summed E-state index contributed by atoms with van der Waals surface area (Å²) in [5, 5.41) is 13.6. The lowest BCUT2D eigenvalue weighted by molar-refractivity contribution is -0.156. The maximum Gasteiger partial charge on any atom is 0.308 e. The average Bonchev–Trinajstić information content (AvgIpc) is 2.73. The Labute approximate surface area is 118 Å². The van der Waals surface area contributed by atoms with Crippen LogP contribution >= 0.6 is 0 Å². The highest BCUT2D eigenvalue weighted by atomic mass is 16.4. The summed E-state index contributed by atoms with van der Waals surface area (Å²) in [5.41, 5.74) is 0.356. The van der Waals surface area contributed by atoms with Crippen molar-refractivity contribution in [1.29, 1.82) is 0 Å². The lowest BCUT2D eigenvalue weighted by atomic mass is 9.82. The Balaban J connectivity index is 2.50. The second-order valence-electron chi connectivity index (χ2n) is 6.31. The van der Waals surface area contributed by atoms with Crippen molar-refractivity contribution in [2.75, 3.05) is 0 Å². The van der Waals surface area contributed by atoms with E-state index in [1.807, 2.05) is 20.8 Å². The van der Waals surface area contributed by atoms with Crippen molar-refractivity contribution in [3.63, 3.8) is 0 Å². The second-order valence-corrected chi connectivity index (χ2v) is 6.31. The molecule has 110 valence electrons. The Morgan fingerprint density at radius 1 is 1.45 bits per heavy atom. The van der Waals surface area contributed by atoms with E-state index in [-0.39, 0.29) is 12.3 Å². The van der Waals surface area contributed by atoms with Gasteiger partial charge >= 0.3 is 5.97 Å².